The van der Waals surface area contributed by atoms with Gasteiger partial charge in [0.1, 0.15) is 15.4 Å². The van der Waals surface area contributed by atoms with Crippen molar-refractivity contribution in [3.8, 4) is 9.75 Å². The molecular formula is C22H17Cl2N3O3S3. The van der Waals surface area contributed by atoms with Crippen molar-refractivity contribution < 1.29 is 13.2 Å². The number of amides is 1. The summed E-state index contributed by atoms with van der Waals surface area (Å²) in [5.41, 5.74) is 0.909. The van der Waals surface area contributed by atoms with Gasteiger partial charge in [0.2, 0.25) is 5.91 Å². The predicted octanol–water partition coefficient (Wildman–Crippen LogP) is 5.41. The molecule has 0 bridgehead atoms. The van der Waals surface area contributed by atoms with Crippen LogP contribution in [-0.2, 0) is 21.4 Å². The van der Waals surface area contributed by atoms with Crippen LogP contribution in [0.3, 0.4) is 0 Å². The maximum Gasteiger partial charge on any atom is 0.250 e. The SMILES string of the molecule is O=C1[C@@H](NS(=O)(=O)c2ccc(-c3ccc(Cl)s3)s2)CCN1Cc1ccc2ccnc(Cl)c2c1. The summed E-state index contributed by atoms with van der Waals surface area (Å²) >= 11 is 14.7. The number of hydrogen-bond acceptors (Lipinski definition) is 6. The summed E-state index contributed by atoms with van der Waals surface area (Å²) in [5, 5.41) is 2.20. The number of likely N-dealkylation sites (tertiary alicyclic amines) is 1. The molecule has 33 heavy (non-hydrogen) atoms. The lowest BCUT2D eigenvalue weighted by Gasteiger charge is -2.17. The van der Waals surface area contributed by atoms with Gasteiger partial charge in [-0.1, -0.05) is 35.3 Å². The van der Waals surface area contributed by atoms with E-state index in [9.17, 15) is 13.2 Å². The molecule has 1 N–H and O–H groups in total. The lowest BCUT2D eigenvalue weighted by Crippen LogP contribution is -2.41. The highest BCUT2D eigenvalue weighted by molar-refractivity contribution is 7.91. The van der Waals surface area contributed by atoms with Crippen LogP contribution in [0.25, 0.3) is 20.5 Å². The Morgan fingerprint density at radius 1 is 1.06 bits per heavy atom. The van der Waals surface area contributed by atoms with Crippen molar-refractivity contribution in [2.45, 2.75) is 23.2 Å². The smallest absolute Gasteiger partial charge is 0.250 e. The van der Waals surface area contributed by atoms with E-state index in [0.29, 0.717) is 29.0 Å². The van der Waals surface area contributed by atoms with Gasteiger partial charge in [-0.3, -0.25) is 4.79 Å². The zero-order chi connectivity index (χ0) is 23.2. The molecular weight excluding hydrogens is 521 g/mol. The van der Waals surface area contributed by atoms with Crippen LogP contribution in [0.15, 0.2) is 58.9 Å². The molecule has 0 unspecified atom stereocenters. The molecule has 0 saturated carbocycles. The van der Waals surface area contributed by atoms with Gasteiger partial charge < -0.3 is 4.90 Å². The number of halogens is 2. The number of benzene rings is 1. The third kappa shape index (κ3) is 4.66. The highest BCUT2D eigenvalue weighted by Gasteiger charge is 2.35. The van der Waals surface area contributed by atoms with E-state index in [-0.39, 0.29) is 10.1 Å². The molecule has 4 heterocycles. The van der Waals surface area contributed by atoms with Gasteiger partial charge in [-0.2, -0.15) is 4.72 Å². The minimum atomic E-state index is -3.82. The summed E-state index contributed by atoms with van der Waals surface area (Å²) in [7, 11) is -3.82. The topological polar surface area (TPSA) is 79.4 Å². The van der Waals surface area contributed by atoms with Crippen molar-refractivity contribution >= 4 is 72.6 Å². The highest BCUT2D eigenvalue weighted by atomic mass is 35.5. The second kappa shape index (κ2) is 8.98. The lowest BCUT2D eigenvalue weighted by atomic mass is 10.1. The molecule has 0 aliphatic carbocycles. The molecule has 1 aliphatic rings. The molecule has 3 aromatic heterocycles. The number of nitrogens with zero attached hydrogens (tertiary/aromatic N) is 2. The maximum absolute atomic E-state index is 12.9. The van der Waals surface area contributed by atoms with E-state index in [1.165, 1.54) is 11.3 Å². The van der Waals surface area contributed by atoms with Crippen LogP contribution in [-0.4, -0.2) is 36.8 Å². The molecule has 1 amide bonds. The van der Waals surface area contributed by atoms with Crippen LogP contribution in [0.1, 0.15) is 12.0 Å². The van der Waals surface area contributed by atoms with Crippen LogP contribution >= 0.6 is 45.9 Å². The predicted molar refractivity (Wildman–Crippen MR) is 134 cm³/mol. The first-order valence-corrected chi connectivity index (χ1v) is 13.9. The van der Waals surface area contributed by atoms with Crippen molar-refractivity contribution in [1.82, 2.24) is 14.6 Å². The monoisotopic (exact) mass is 537 g/mol. The number of carbonyl (C=O) groups is 1. The first-order valence-electron chi connectivity index (χ1n) is 10.00. The van der Waals surface area contributed by atoms with Gasteiger partial charge in [0, 0.05) is 34.4 Å². The Balaban J connectivity index is 1.28. The quantitative estimate of drug-likeness (QED) is 0.333. The molecule has 5 rings (SSSR count). The number of carbonyl (C=O) groups excluding carboxylic acids is 1. The number of rotatable bonds is 6. The van der Waals surface area contributed by atoms with Gasteiger partial charge in [-0.05, 0) is 53.8 Å². The molecule has 1 aromatic carbocycles. The van der Waals surface area contributed by atoms with Crippen LogP contribution in [0.5, 0.6) is 0 Å². The second-order valence-electron chi connectivity index (χ2n) is 7.60. The van der Waals surface area contributed by atoms with E-state index >= 15 is 0 Å². The molecule has 4 aromatic rings. The summed E-state index contributed by atoms with van der Waals surface area (Å²) in [6.45, 7) is 0.842. The van der Waals surface area contributed by atoms with Gasteiger partial charge in [-0.15, -0.1) is 22.7 Å². The second-order valence-corrected chi connectivity index (χ2v) is 12.7. The van der Waals surface area contributed by atoms with Gasteiger partial charge in [0.25, 0.3) is 10.0 Å². The largest absolute Gasteiger partial charge is 0.337 e. The standard InChI is InChI=1S/C22H17Cl2N3O3S3/c23-19-5-3-17(31-19)18-4-6-20(32-18)33(29,30)26-16-8-10-27(22(16)28)12-13-1-2-14-7-9-25-21(24)15(14)11-13/h1-7,9,11,16,26H,8,10,12H2/t16-/m0/s1. The van der Waals surface area contributed by atoms with Gasteiger partial charge in [0.15, 0.2) is 0 Å². The fraction of sp³-hybridized carbons (Fsp3) is 0.182. The Hall–Kier alpha value is -2.01. The van der Waals surface area contributed by atoms with Crippen molar-refractivity contribution in [3.05, 3.63) is 69.8 Å². The number of fused-ring (bicyclic) bond motifs is 1. The highest BCUT2D eigenvalue weighted by Crippen LogP contribution is 2.37. The van der Waals surface area contributed by atoms with E-state index in [2.05, 4.69) is 9.71 Å². The molecule has 1 atom stereocenters. The number of hydrogen-bond donors (Lipinski definition) is 1. The summed E-state index contributed by atoms with van der Waals surface area (Å²) in [6, 6.07) is 13.8. The van der Waals surface area contributed by atoms with Crippen molar-refractivity contribution in [2.75, 3.05) is 6.54 Å². The number of thiophene rings is 2. The molecule has 0 spiro atoms. The average molecular weight is 539 g/mol. The van der Waals surface area contributed by atoms with Crippen LogP contribution < -0.4 is 4.72 Å². The van der Waals surface area contributed by atoms with Crippen molar-refractivity contribution in [2.24, 2.45) is 0 Å². The van der Waals surface area contributed by atoms with Gasteiger partial charge >= 0.3 is 0 Å². The zero-order valence-corrected chi connectivity index (χ0v) is 21.0. The average Bonchev–Trinajstić information content (AvgIpc) is 3.51. The molecule has 11 heteroatoms. The molecule has 0 radical (unpaired) electrons. The fourth-order valence-electron chi connectivity index (χ4n) is 3.79. The van der Waals surface area contributed by atoms with Crippen molar-refractivity contribution in [3.63, 3.8) is 0 Å². The Bertz CT molecular complexity index is 1470. The van der Waals surface area contributed by atoms with Crippen LogP contribution in [0.2, 0.25) is 9.49 Å². The summed E-state index contributed by atoms with van der Waals surface area (Å²) in [4.78, 5) is 20.4. The lowest BCUT2D eigenvalue weighted by molar-refractivity contribution is -0.129. The normalized spacial score (nSPS) is 16.7. The Morgan fingerprint density at radius 2 is 1.85 bits per heavy atom. The summed E-state index contributed by atoms with van der Waals surface area (Å²) < 4.78 is 29.2. The van der Waals surface area contributed by atoms with Gasteiger partial charge in [0.05, 0.1) is 4.34 Å². The number of sulfonamides is 1. The maximum atomic E-state index is 12.9. The van der Waals surface area contributed by atoms with E-state index in [1.54, 1.807) is 29.3 Å². The summed E-state index contributed by atoms with van der Waals surface area (Å²) in [6.07, 6.45) is 2.06. The fourth-order valence-corrected chi connectivity index (χ4v) is 7.69. The molecule has 1 saturated heterocycles. The van der Waals surface area contributed by atoms with E-state index in [1.807, 2.05) is 30.3 Å². The van der Waals surface area contributed by atoms with Crippen molar-refractivity contribution in [1.29, 1.82) is 0 Å². The third-order valence-corrected chi connectivity index (χ3v) is 10.2. The van der Waals surface area contributed by atoms with E-state index in [0.717, 1.165) is 37.4 Å². The van der Waals surface area contributed by atoms with Gasteiger partial charge in [-0.25, -0.2) is 13.4 Å². The Kier molecular flexibility index (Phi) is 6.19. The first-order chi connectivity index (χ1) is 15.8. The summed E-state index contributed by atoms with van der Waals surface area (Å²) in [5.74, 6) is -0.238. The molecule has 1 fully saturated rings. The van der Waals surface area contributed by atoms with Crippen LogP contribution in [0, 0.1) is 0 Å². The zero-order valence-electron chi connectivity index (χ0n) is 17.0. The number of pyridine rings is 1. The first kappa shape index (κ1) is 22.8. The van der Waals surface area contributed by atoms with E-state index < -0.39 is 16.1 Å². The minimum absolute atomic E-state index is 0.171. The minimum Gasteiger partial charge on any atom is -0.337 e. The van der Waals surface area contributed by atoms with Crippen LogP contribution in [0.4, 0.5) is 0 Å². The molecule has 170 valence electrons. The molecule has 6 nitrogen and oxygen atoms in total. The Morgan fingerprint density at radius 3 is 2.64 bits per heavy atom. The number of nitrogens with one attached hydrogen (secondary N) is 1. The number of aromatic nitrogens is 1. The van der Waals surface area contributed by atoms with E-state index in [4.69, 9.17) is 23.2 Å². The molecule has 1 aliphatic heterocycles. The Labute approximate surface area is 208 Å². The third-order valence-electron chi connectivity index (χ3n) is 5.41.